The monoisotopic (exact) mass is 235 g/mol. The Labute approximate surface area is 102 Å². The minimum atomic E-state index is 0.255. The van der Waals surface area contributed by atoms with E-state index in [1.165, 1.54) is 25.7 Å². The van der Waals surface area contributed by atoms with Crippen LogP contribution in [0.5, 0.6) is 0 Å². The molecule has 2 heterocycles. The number of hydrogen-bond acceptors (Lipinski definition) is 3. The van der Waals surface area contributed by atoms with Crippen molar-refractivity contribution >= 4 is 0 Å². The van der Waals surface area contributed by atoms with Crippen molar-refractivity contribution in [1.82, 2.24) is 14.9 Å². The summed E-state index contributed by atoms with van der Waals surface area (Å²) in [7, 11) is 0. The molecule has 17 heavy (non-hydrogen) atoms. The molecule has 1 aliphatic heterocycles. The molecule has 1 aliphatic carbocycles. The number of hydrogen-bond donors (Lipinski definition) is 1. The van der Waals surface area contributed by atoms with Crippen LogP contribution in [0, 0.1) is 0 Å². The molecule has 1 saturated heterocycles. The van der Waals surface area contributed by atoms with Crippen LogP contribution in [0.3, 0.4) is 0 Å². The maximum absolute atomic E-state index is 5.93. The van der Waals surface area contributed by atoms with Crippen molar-refractivity contribution in [3.63, 3.8) is 0 Å². The first-order valence-electron chi connectivity index (χ1n) is 6.69. The Hall–Kier alpha value is -0.870. The van der Waals surface area contributed by atoms with Crippen molar-refractivity contribution in [3.05, 3.63) is 18.7 Å². The molecule has 4 heteroatoms. The van der Waals surface area contributed by atoms with Gasteiger partial charge in [0.15, 0.2) is 0 Å². The van der Waals surface area contributed by atoms with Gasteiger partial charge in [-0.1, -0.05) is 0 Å². The summed E-state index contributed by atoms with van der Waals surface area (Å²) in [5.74, 6) is 0. The first-order chi connectivity index (χ1) is 8.36. The van der Waals surface area contributed by atoms with Crippen LogP contribution in [-0.4, -0.2) is 34.3 Å². The molecule has 1 aromatic rings. The lowest BCUT2D eigenvalue weighted by Gasteiger charge is -2.47. The van der Waals surface area contributed by atoms with Gasteiger partial charge in [0.1, 0.15) is 0 Å². The molecule has 0 amide bonds. The SMILES string of the molecule is c1cn(CCNC2CCOC3(CCC3)C2)cn1. The molecular formula is C13H21N3O. The van der Waals surface area contributed by atoms with E-state index in [2.05, 4.69) is 14.9 Å². The molecule has 3 rings (SSSR count). The maximum Gasteiger partial charge on any atom is 0.0946 e. The smallest absolute Gasteiger partial charge is 0.0946 e. The summed E-state index contributed by atoms with van der Waals surface area (Å²) in [6.07, 6.45) is 12.0. The van der Waals surface area contributed by atoms with E-state index in [1.54, 1.807) is 0 Å². The van der Waals surface area contributed by atoms with Gasteiger partial charge in [-0.2, -0.15) is 0 Å². The number of ether oxygens (including phenoxy) is 1. The third-order valence-electron chi connectivity index (χ3n) is 4.12. The maximum atomic E-state index is 5.93. The Bertz CT molecular complexity index is 346. The number of nitrogens with one attached hydrogen (secondary N) is 1. The fraction of sp³-hybridized carbons (Fsp3) is 0.769. The molecular weight excluding hydrogens is 214 g/mol. The Morgan fingerprint density at radius 2 is 2.41 bits per heavy atom. The molecule has 0 aromatic carbocycles. The topological polar surface area (TPSA) is 39.1 Å². The quantitative estimate of drug-likeness (QED) is 0.861. The van der Waals surface area contributed by atoms with Crippen molar-refractivity contribution in [2.75, 3.05) is 13.2 Å². The number of nitrogens with zero attached hydrogens (tertiary/aromatic N) is 2. The molecule has 4 nitrogen and oxygen atoms in total. The lowest BCUT2D eigenvalue weighted by atomic mass is 9.74. The van der Waals surface area contributed by atoms with E-state index >= 15 is 0 Å². The van der Waals surface area contributed by atoms with Gasteiger partial charge >= 0.3 is 0 Å². The first-order valence-corrected chi connectivity index (χ1v) is 6.69. The Kier molecular flexibility index (Phi) is 3.16. The van der Waals surface area contributed by atoms with Crippen LogP contribution in [0.4, 0.5) is 0 Å². The van der Waals surface area contributed by atoms with E-state index in [0.29, 0.717) is 6.04 Å². The summed E-state index contributed by atoms with van der Waals surface area (Å²) in [4.78, 5) is 4.05. The highest BCUT2D eigenvalue weighted by molar-refractivity contribution is 4.96. The third kappa shape index (κ3) is 2.53. The average Bonchev–Trinajstić information content (AvgIpc) is 2.80. The molecule has 1 saturated carbocycles. The van der Waals surface area contributed by atoms with E-state index in [4.69, 9.17) is 4.74 Å². The number of rotatable bonds is 4. The second-order valence-electron chi connectivity index (χ2n) is 5.33. The number of imidazole rings is 1. The lowest BCUT2D eigenvalue weighted by Crippen LogP contribution is -2.51. The fourth-order valence-electron chi connectivity index (χ4n) is 2.94. The second kappa shape index (κ2) is 4.78. The zero-order chi connectivity index (χ0) is 11.6. The summed E-state index contributed by atoms with van der Waals surface area (Å²) in [6, 6.07) is 0.646. The van der Waals surface area contributed by atoms with E-state index in [9.17, 15) is 0 Å². The van der Waals surface area contributed by atoms with Crippen molar-refractivity contribution < 1.29 is 4.74 Å². The molecule has 94 valence electrons. The third-order valence-corrected chi connectivity index (χ3v) is 4.12. The van der Waals surface area contributed by atoms with Crippen LogP contribution in [0.2, 0.25) is 0 Å². The van der Waals surface area contributed by atoms with Crippen LogP contribution in [-0.2, 0) is 11.3 Å². The lowest BCUT2D eigenvalue weighted by molar-refractivity contribution is -0.135. The molecule has 1 spiro atoms. The second-order valence-corrected chi connectivity index (χ2v) is 5.33. The highest BCUT2D eigenvalue weighted by atomic mass is 16.5. The Morgan fingerprint density at radius 3 is 3.12 bits per heavy atom. The predicted molar refractivity (Wildman–Crippen MR) is 65.8 cm³/mol. The summed E-state index contributed by atoms with van der Waals surface area (Å²) in [5.41, 5.74) is 0.255. The van der Waals surface area contributed by atoms with Gasteiger partial charge in [0, 0.05) is 38.1 Å². The van der Waals surface area contributed by atoms with Crippen molar-refractivity contribution in [3.8, 4) is 0 Å². The molecule has 2 aliphatic rings. The highest BCUT2D eigenvalue weighted by Gasteiger charge is 2.42. The van der Waals surface area contributed by atoms with Gasteiger partial charge in [-0.15, -0.1) is 0 Å². The molecule has 1 aromatic heterocycles. The molecule has 1 unspecified atom stereocenters. The zero-order valence-corrected chi connectivity index (χ0v) is 10.3. The van der Waals surface area contributed by atoms with Gasteiger partial charge < -0.3 is 14.6 Å². The zero-order valence-electron chi connectivity index (χ0n) is 10.3. The first kappa shape index (κ1) is 11.2. The molecule has 2 fully saturated rings. The van der Waals surface area contributed by atoms with Crippen LogP contribution in [0.25, 0.3) is 0 Å². The normalized spacial score (nSPS) is 26.9. The molecule has 1 N–H and O–H groups in total. The minimum absolute atomic E-state index is 0.255. The van der Waals surface area contributed by atoms with Crippen molar-refractivity contribution in [2.45, 2.75) is 50.3 Å². The van der Waals surface area contributed by atoms with Gasteiger partial charge in [0.2, 0.25) is 0 Å². The largest absolute Gasteiger partial charge is 0.375 e. The summed E-state index contributed by atoms with van der Waals surface area (Å²) >= 11 is 0. The standard InChI is InChI=1S/C13H21N3O/c1-3-13(4-1)10-12(2-9-17-13)15-6-8-16-7-5-14-11-16/h5,7,11-12,15H,1-4,6,8-10H2. The number of aromatic nitrogens is 2. The average molecular weight is 235 g/mol. The van der Waals surface area contributed by atoms with Crippen molar-refractivity contribution in [1.29, 1.82) is 0 Å². The van der Waals surface area contributed by atoms with Crippen LogP contribution in [0.15, 0.2) is 18.7 Å². The van der Waals surface area contributed by atoms with Crippen LogP contribution in [0.1, 0.15) is 32.1 Å². The van der Waals surface area contributed by atoms with Crippen LogP contribution < -0.4 is 5.32 Å². The van der Waals surface area contributed by atoms with E-state index in [0.717, 1.165) is 26.1 Å². The summed E-state index contributed by atoms with van der Waals surface area (Å²) in [6.45, 7) is 2.96. The van der Waals surface area contributed by atoms with Gasteiger partial charge in [-0.25, -0.2) is 4.98 Å². The summed E-state index contributed by atoms with van der Waals surface area (Å²) < 4.78 is 8.05. The minimum Gasteiger partial charge on any atom is -0.375 e. The van der Waals surface area contributed by atoms with E-state index < -0.39 is 0 Å². The Balaban J connectivity index is 1.42. The molecule has 0 radical (unpaired) electrons. The Morgan fingerprint density at radius 1 is 1.47 bits per heavy atom. The van der Waals surface area contributed by atoms with Crippen molar-refractivity contribution in [2.24, 2.45) is 0 Å². The van der Waals surface area contributed by atoms with E-state index in [-0.39, 0.29) is 5.60 Å². The van der Waals surface area contributed by atoms with E-state index in [1.807, 2.05) is 18.7 Å². The molecule has 0 bridgehead atoms. The van der Waals surface area contributed by atoms with Gasteiger partial charge in [0.05, 0.1) is 11.9 Å². The summed E-state index contributed by atoms with van der Waals surface area (Å²) in [5, 5.41) is 3.65. The fourth-order valence-corrected chi connectivity index (χ4v) is 2.94. The van der Waals surface area contributed by atoms with Gasteiger partial charge in [-0.3, -0.25) is 0 Å². The predicted octanol–water partition coefficient (Wildman–Crippen LogP) is 1.57. The van der Waals surface area contributed by atoms with Gasteiger partial charge in [0.25, 0.3) is 0 Å². The molecule has 1 atom stereocenters. The highest BCUT2D eigenvalue weighted by Crippen LogP contribution is 2.42. The van der Waals surface area contributed by atoms with Crippen LogP contribution >= 0.6 is 0 Å². The van der Waals surface area contributed by atoms with Gasteiger partial charge in [-0.05, 0) is 32.1 Å².